The van der Waals surface area contributed by atoms with Gasteiger partial charge in [-0.2, -0.15) is 0 Å². The van der Waals surface area contributed by atoms with Crippen LogP contribution in [0, 0.1) is 0 Å². The maximum absolute atomic E-state index is 12.0. The van der Waals surface area contributed by atoms with Crippen molar-refractivity contribution < 1.29 is 18.7 Å². The van der Waals surface area contributed by atoms with Crippen molar-refractivity contribution in [2.24, 2.45) is 0 Å². The average molecular weight is 486 g/mol. The number of carbonyl (C=O) groups is 1. The first-order valence-electron chi connectivity index (χ1n) is 8.02. The topological polar surface area (TPSA) is 51.9 Å². The molecule has 2 aromatic rings. The summed E-state index contributed by atoms with van der Waals surface area (Å²) in [5, 5.41) is 0.982. The summed E-state index contributed by atoms with van der Waals surface area (Å²) in [6, 6.07) is 5.85. The number of furan rings is 1. The summed E-state index contributed by atoms with van der Waals surface area (Å²) in [5.74, 6) is 1.91. The minimum absolute atomic E-state index is 0.234. The molecule has 1 aromatic heterocycles. The largest absolute Gasteiger partial charge is 0.497 e. The minimum atomic E-state index is -1.60. The second-order valence-electron chi connectivity index (χ2n) is 6.11. The third kappa shape index (κ3) is 4.71. The number of nitrogens with zero attached hydrogens (tertiary/aromatic N) is 1. The number of likely N-dealkylation sites (tertiary alicyclic amines) is 1. The van der Waals surface area contributed by atoms with Crippen LogP contribution in [0.15, 0.2) is 27.1 Å². The van der Waals surface area contributed by atoms with E-state index >= 15 is 0 Å². The Kier molecular flexibility index (Phi) is 6.17. The van der Waals surface area contributed by atoms with Crippen LogP contribution in [-0.4, -0.2) is 41.6 Å². The van der Waals surface area contributed by atoms with Crippen molar-refractivity contribution in [1.29, 1.82) is 0 Å². The highest BCUT2D eigenvalue weighted by atomic mass is 79.9. The van der Waals surface area contributed by atoms with Crippen molar-refractivity contribution in [3.63, 3.8) is 0 Å². The fourth-order valence-electron chi connectivity index (χ4n) is 3.00. The molecule has 3 rings (SSSR count). The fraction of sp³-hybridized carbons (Fsp3) is 0.471. The van der Waals surface area contributed by atoms with E-state index in [0.717, 1.165) is 39.8 Å². The van der Waals surface area contributed by atoms with Crippen LogP contribution in [0.2, 0.25) is 0 Å². The molecule has 1 aliphatic heterocycles. The number of halogens is 4. The Hall–Kier alpha value is -0.820. The molecule has 142 valence electrons. The Bertz CT molecular complexity index is 797. The molecular weight excluding hydrogens is 468 g/mol. The smallest absolute Gasteiger partial charge is 0.409 e. The summed E-state index contributed by atoms with van der Waals surface area (Å²) >= 11 is 20.3. The zero-order valence-corrected chi connectivity index (χ0v) is 17.8. The van der Waals surface area contributed by atoms with Crippen LogP contribution in [0.25, 0.3) is 11.0 Å². The summed E-state index contributed by atoms with van der Waals surface area (Å²) < 4.78 is 15.6. The maximum Gasteiger partial charge on any atom is 0.409 e. The first-order chi connectivity index (χ1) is 12.3. The number of methoxy groups -OCH3 is 1. The van der Waals surface area contributed by atoms with E-state index in [-0.39, 0.29) is 12.5 Å². The summed E-state index contributed by atoms with van der Waals surface area (Å²) in [4.78, 5) is 13.6. The third-order valence-corrected chi connectivity index (χ3v) is 5.23. The number of rotatable bonds is 3. The minimum Gasteiger partial charge on any atom is -0.497 e. The molecule has 0 radical (unpaired) electrons. The summed E-state index contributed by atoms with van der Waals surface area (Å²) in [5.41, 5.74) is 0.797. The van der Waals surface area contributed by atoms with E-state index in [1.807, 2.05) is 18.2 Å². The Balaban J connectivity index is 1.64. The molecule has 9 heteroatoms. The molecule has 2 heterocycles. The number of hydrogen-bond donors (Lipinski definition) is 0. The monoisotopic (exact) mass is 483 g/mol. The van der Waals surface area contributed by atoms with Gasteiger partial charge in [-0.25, -0.2) is 4.79 Å². The first kappa shape index (κ1) is 19.9. The summed E-state index contributed by atoms with van der Waals surface area (Å²) in [6.07, 6.45) is 1.08. The first-order valence-corrected chi connectivity index (χ1v) is 9.95. The Morgan fingerprint density at radius 3 is 2.62 bits per heavy atom. The fourth-order valence-corrected chi connectivity index (χ4v) is 3.70. The molecule has 1 amide bonds. The van der Waals surface area contributed by atoms with Crippen LogP contribution < -0.4 is 4.74 Å². The molecular formula is C17H17BrCl3NO4. The quantitative estimate of drug-likeness (QED) is 0.509. The Morgan fingerprint density at radius 1 is 1.31 bits per heavy atom. The molecule has 0 atom stereocenters. The SMILES string of the molecule is COc1cc(Br)c2oc(C3CCN(C(=O)OCC(Cl)(Cl)Cl)CC3)cc2c1. The molecule has 0 N–H and O–H groups in total. The lowest BCUT2D eigenvalue weighted by Crippen LogP contribution is -2.39. The molecule has 1 fully saturated rings. The molecule has 26 heavy (non-hydrogen) atoms. The van der Waals surface area contributed by atoms with Gasteiger partial charge in [-0.1, -0.05) is 34.8 Å². The number of fused-ring (bicyclic) bond motifs is 1. The second kappa shape index (κ2) is 8.05. The van der Waals surface area contributed by atoms with Crippen LogP contribution in [0.4, 0.5) is 4.79 Å². The van der Waals surface area contributed by atoms with Gasteiger partial charge in [0.25, 0.3) is 0 Å². The van der Waals surface area contributed by atoms with Crippen molar-refractivity contribution in [3.05, 3.63) is 28.4 Å². The molecule has 0 saturated carbocycles. The van der Waals surface area contributed by atoms with Crippen LogP contribution in [0.5, 0.6) is 5.75 Å². The van der Waals surface area contributed by atoms with E-state index in [1.54, 1.807) is 12.0 Å². The standard InChI is InChI=1S/C17H17BrCl3NO4/c1-24-12-6-11-7-14(26-15(11)13(18)8-12)10-2-4-22(5-3-10)16(23)25-9-17(19,20)21/h6-8,10H,2-5,9H2,1H3. The number of hydrogen-bond acceptors (Lipinski definition) is 4. The van der Waals surface area contributed by atoms with E-state index in [0.29, 0.717) is 13.1 Å². The van der Waals surface area contributed by atoms with Gasteiger partial charge in [0.05, 0.1) is 11.6 Å². The van der Waals surface area contributed by atoms with Crippen LogP contribution >= 0.6 is 50.7 Å². The molecule has 1 saturated heterocycles. The highest BCUT2D eigenvalue weighted by Crippen LogP contribution is 2.37. The number of alkyl halides is 3. The highest BCUT2D eigenvalue weighted by molar-refractivity contribution is 9.10. The van der Waals surface area contributed by atoms with Gasteiger partial charge in [-0.05, 0) is 47.0 Å². The number of amides is 1. The maximum atomic E-state index is 12.0. The third-order valence-electron chi connectivity index (χ3n) is 4.31. The van der Waals surface area contributed by atoms with Crippen molar-refractivity contribution in [2.45, 2.75) is 22.6 Å². The Labute approximate surface area is 174 Å². The van der Waals surface area contributed by atoms with Crippen molar-refractivity contribution in [1.82, 2.24) is 4.90 Å². The molecule has 0 bridgehead atoms. The van der Waals surface area contributed by atoms with Crippen LogP contribution in [0.3, 0.4) is 0 Å². The van der Waals surface area contributed by atoms with E-state index in [1.165, 1.54) is 0 Å². The van der Waals surface area contributed by atoms with Gasteiger partial charge < -0.3 is 18.8 Å². The summed E-state index contributed by atoms with van der Waals surface area (Å²) in [6.45, 7) is 0.853. The van der Waals surface area contributed by atoms with E-state index in [9.17, 15) is 4.79 Å². The highest BCUT2D eigenvalue weighted by Gasteiger charge is 2.29. The molecule has 1 aromatic carbocycles. The normalized spacial score (nSPS) is 16.1. The second-order valence-corrected chi connectivity index (χ2v) is 9.48. The predicted molar refractivity (Wildman–Crippen MR) is 106 cm³/mol. The average Bonchev–Trinajstić information content (AvgIpc) is 3.04. The number of ether oxygens (including phenoxy) is 2. The molecule has 0 aliphatic carbocycles. The molecule has 1 aliphatic rings. The van der Waals surface area contributed by atoms with Gasteiger partial charge in [0.1, 0.15) is 23.7 Å². The lowest BCUT2D eigenvalue weighted by atomic mass is 9.94. The number of benzene rings is 1. The van der Waals surface area contributed by atoms with Crippen molar-refractivity contribution in [3.8, 4) is 5.75 Å². The van der Waals surface area contributed by atoms with Crippen molar-refractivity contribution >= 4 is 67.8 Å². The summed E-state index contributed by atoms with van der Waals surface area (Å²) in [7, 11) is 1.63. The van der Waals surface area contributed by atoms with E-state index in [2.05, 4.69) is 15.9 Å². The lowest BCUT2D eigenvalue weighted by Gasteiger charge is -2.30. The van der Waals surface area contributed by atoms with Crippen molar-refractivity contribution in [2.75, 3.05) is 26.8 Å². The Morgan fingerprint density at radius 2 is 2.00 bits per heavy atom. The van der Waals surface area contributed by atoms with Crippen LogP contribution in [-0.2, 0) is 4.74 Å². The zero-order chi connectivity index (χ0) is 18.9. The van der Waals surface area contributed by atoms with Gasteiger partial charge >= 0.3 is 6.09 Å². The van der Waals surface area contributed by atoms with E-state index < -0.39 is 9.89 Å². The van der Waals surface area contributed by atoms with E-state index in [4.69, 9.17) is 48.7 Å². The van der Waals surface area contributed by atoms with Gasteiger partial charge in [0.2, 0.25) is 3.79 Å². The molecule has 5 nitrogen and oxygen atoms in total. The number of piperidine rings is 1. The van der Waals surface area contributed by atoms with Crippen LogP contribution in [0.1, 0.15) is 24.5 Å². The van der Waals surface area contributed by atoms with Gasteiger partial charge in [0.15, 0.2) is 0 Å². The molecule has 0 spiro atoms. The predicted octanol–water partition coefficient (Wildman–Crippen LogP) is 5.89. The zero-order valence-electron chi connectivity index (χ0n) is 13.9. The van der Waals surface area contributed by atoms with Gasteiger partial charge in [0, 0.05) is 24.4 Å². The lowest BCUT2D eigenvalue weighted by molar-refractivity contribution is 0.0931. The van der Waals surface area contributed by atoms with Gasteiger partial charge in [-0.15, -0.1) is 0 Å². The van der Waals surface area contributed by atoms with Gasteiger partial charge in [-0.3, -0.25) is 0 Å². The molecule has 0 unspecified atom stereocenters. The number of carbonyl (C=O) groups excluding carboxylic acids is 1.